The number of methoxy groups -OCH3 is 1. The van der Waals surface area contributed by atoms with Crippen LogP contribution in [0.5, 0.6) is 5.75 Å². The molecule has 0 fully saturated rings. The number of amides is 2. The Labute approximate surface area is 268 Å². The fourth-order valence-corrected chi connectivity index (χ4v) is 6.38. The lowest BCUT2D eigenvalue weighted by molar-refractivity contribution is -0.140. The molecule has 4 rings (SSSR count). The number of rotatable bonds is 14. The Balaban J connectivity index is 1.81. The molecule has 0 aliphatic carbocycles. The molecule has 0 radical (unpaired) electrons. The summed E-state index contributed by atoms with van der Waals surface area (Å²) in [5.41, 5.74) is 1.48. The van der Waals surface area contributed by atoms with E-state index in [-0.39, 0.29) is 34.5 Å². The molecule has 11 heteroatoms. The molecule has 0 aliphatic rings. The molecule has 1 atom stereocenters. The van der Waals surface area contributed by atoms with Gasteiger partial charge in [0.05, 0.1) is 22.7 Å². The lowest BCUT2D eigenvalue weighted by Crippen LogP contribution is -2.53. The van der Waals surface area contributed by atoms with Gasteiger partial charge in [0.25, 0.3) is 10.0 Å². The lowest BCUT2D eigenvalue weighted by atomic mass is 10.0. The number of nitrogens with zero attached hydrogens (tertiary/aromatic N) is 2. The van der Waals surface area contributed by atoms with E-state index >= 15 is 0 Å². The first kappa shape index (κ1) is 33.5. The second kappa shape index (κ2) is 15.5. The first-order valence-electron chi connectivity index (χ1n) is 14.4. The highest BCUT2D eigenvalue weighted by molar-refractivity contribution is 7.92. The number of halogens is 2. The second-order valence-corrected chi connectivity index (χ2v) is 12.6. The van der Waals surface area contributed by atoms with Crippen molar-refractivity contribution in [1.82, 2.24) is 10.2 Å². The van der Waals surface area contributed by atoms with Crippen molar-refractivity contribution in [2.24, 2.45) is 0 Å². The van der Waals surface area contributed by atoms with Crippen molar-refractivity contribution < 1.29 is 27.1 Å². The Bertz CT molecular complexity index is 1710. The largest absolute Gasteiger partial charge is 0.497 e. The topological polar surface area (TPSA) is 96.0 Å². The van der Waals surface area contributed by atoms with Crippen LogP contribution in [0.3, 0.4) is 0 Å². The van der Waals surface area contributed by atoms with Crippen LogP contribution in [0, 0.1) is 5.82 Å². The van der Waals surface area contributed by atoms with E-state index in [1.165, 1.54) is 30.2 Å². The number of hydrogen-bond donors (Lipinski definition) is 1. The summed E-state index contributed by atoms with van der Waals surface area (Å²) in [6.45, 7) is 1.62. The predicted octanol–water partition coefficient (Wildman–Crippen LogP) is 5.85. The van der Waals surface area contributed by atoms with E-state index in [1.807, 2.05) is 37.3 Å². The molecule has 0 aliphatic heterocycles. The van der Waals surface area contributed by atoms with Gasteiger partial charge in [0, 0.05) is 19.5 Å². The zero-order valence-electron chi connectivity index (χ0n) is 25.0. The standard InChI is InChI=1S/C34H35ClFN3O5S/c1-3-19-37-34(41)32(21-25-11-6-4-7-12-25)38(23-26-13-10-14-28(20-26)44-2)33(40)24-39(27-17-18-31(36)30(35)22-27)45(42,43)29-15-8-5-9-16-29/h4-18,20,22,32H,3,19,21,23-24H2,1-2H3,(H,37,41). The van der Waals surface area contributed by atoms with Gasteiger partial charge < -0.3 is 15.0 Å². The van der Waals surface area contributed by atoms with Crippen LogP contribution in [0.15, 0.2) is 108 Å². The number of benzene rings is 4. The van der Waals surface area contributed by atoms with Crippen LogP contribution in [0.4, 0.5) is 10.1 Å². The summed E-state index contributed by atoms with van der Waals surface area (Å²) in [6, 6.07) is 26.4. The van der Waals surface area contributed by atoms with Crippen LogP contribution in [0.25, 0.3) is 0 Å². The van der Waals surface area contributed by atoms with Crippen molar-refractivity contribution in [3.8, 4) is 5.75 Å². The summed E-state index contributed by atoms with van der Waals surface area (Å²) in [7, 11) is -2.80. The Hall–Kier alpha value is -4.41. The second-order valence-electron chi connectivity index (χ2n) is 10.3. The molecule has 8 nitrogen and oxygen atoms in total. The predicted molar refractivity (Wildman–Crippen MR) is 173 cm³/mol. The van der Waals surface area contributed by atoms with Gasteiger partial charge in [-0.25, -0.2) is 12.8 Å². The maximum absolute atomic E-state index is 14.4. The average molecular weight is 652 g/mol. The van der Waals surface area contributed by atoms with Gasteiger partial charge in [-0.1, -0.05) is 79.2 Å². The van der Waals surface area contributed by atoms with Crippen LogP contribution in [-0.2, 0) is 32.6 Å². The Morgan fingerprint density at radius 3 is 2.22 bits per heavy atom. The summed E-state index contributed by atoms with van der Waals surface area (Å²) < 4.78 is 48.4. The van der Waals surface area contributed by atoms with Gasteiger partial charge in [-0.2, -0.15) is 0 Å². The van der Waals surface area contributed by atoms with E-state index < -0.39 is 34.3 Å². The smallest absolute Gasteiger partial charge is 0.264 e. The SMILES string of the molecule is CCCNC(=O)C(Cc1ccccc1)N(Cc1cccc(OC)c1)C(=O)CN(c1ccc(F)c(Cl)c1)S(=O)(=O)c1ccccc1. The zero-order chi connectivity index (χ0) is 32.4. The summed E-state index contributed by atoms with van der Waals surface area (Å²) in [6.07, 6.45) is 0.863. The van der Waals surface area contributed by atoms with E-state index in [9.17, 15) is 22.4 Å². The minimum Gasteiger partial charge on any atom is -0.497 e. The number of carbonyl (C=O) groups excluding carboxylic acids is 2. The van der Waals surface area contributed by atoms with E-state index in [1.54, 1.807) is 42.5 Å². The fraction of sp³-hybridized carbons (Fsp3) is 0.235. The molecule has 0 heterocycles. The summed E-state index contributed by atoms with van der Waals surface area (Å²) in [4.78, 5) is 29.4. The third kappa shape index (κ3) is 8.61. The van der Waals surface area contributed by atoms with E-state index in [4.69, 9.17) is 16.3 Å². The molecule has 45 heavy (non-hydrogen) atoms. The van der Waals surface area contributed by atoms with Crippen LogP contribution < -0.4 is 14.4 Å². The van der Waals surface area contributed by atoms with E-state index in [2.05, 4.69) is 5.32 Å². The Kier molecular flexibility index (Phi) is 11.6. The fourth-order valence-electron chi connectivity index (χ4n) is 4.78. The quantitative estimate of drug-likeness (QED) is 0.185. The maximum atomic E-state index is 14.4. The number of ether oxygens (including phenoxy) is 1. The minimum absolute atomic E-state index is 0.00465. The highest BCUT2D eigenvalue weighted by atomic mass is 35.5. The molecule has 1 N–H and O–H groups in total. The van der Waals surface area contributed by atoms with Gasteiger partial charge in [0.2, 0.25) is 11.8 Å². The highest BCUT2D eigenvalue weighted by Crippen LogP contribution is 2.28. The summed E-state index contributed by atoms with van der Waals surface area (Å²) in [5.74, 6) is -1.20. The van der Waals surface area contributed by atoms with Crippen LogP contribution in [0.1, 0.15) is 24.5 Å². The highest BCUT2D eigenvalue weighted by Gasteiger charge is 2.34. The number of carbonyl (C=O) groups is 2. The maximum Gasteiger partial charge on any atom is 0.264 e. The minimum atomic E-state index is -4.33. The molecule has 1 unspecified atom stereocenters. The molecule has 0 saturated carbocycles. The van der Waals surface area contributed by atoms with Gasteiger partial charge >= 0.3 is 0 Å². The van der Waals surface area contributed by atoms with Gasteiger partial charge in [-0.15, -0.1) is 0 Å². The molecular weight excluding hydrogens is 617 g/mol. The van der Waals surface area contributed by atoms with Crippen LogP contribution in [-0.4, -0.2) is 51.4 Å². The molecule has 4 aromatic carbocycles. The molecule has 2 amide bonds. The molecule has 0 spiro atoms. The number of hydrogen-bond acceptors (Lipinski definition) is 5. The van der Waals surface area contributed by atoms with Gasteiger partial charge in [-0.3, -0.25) is 13.9 Å². The Morgan fingerprint density at radius 1 is 0.911 bits per heavy atom. The molecule has 0 bridgehead atoms. The first-order valence-corrected chi connectivity index (χ1v) is 16.2. The number of anilines is 1. The van der Waals surface area contributed by atoms with Gasteiger partial charge in [0.15, 0.2) is 0 Å². The normalized spacial score (nSPS) is 11.8. The van der Waals surface area contributed by atoms with Crippen molar-refractivity contribution >= 4 is 39.1 Å². The Morgan fingerprint density at radius 2 is 1.58 bits per heavy atom. The number of nitrogens with one attached hydrogen (secondary N) is 1. The zero-order valence-corrected chi connectivity index (χ0v) is 26.6. The molecule has 0 saturated heterocycles. The monoisotopic (exact) mass is 651 g/mol. The van der Waals surface area contributed by atoms with E-state index in [0.29, 0.717) is 24.3 Å². The lowest BCUT2D eigenvalue weighted by Gasteiger charge is -2.34. The third-order valence-electron chi connectivity index (χ3n) is 7.11. The molecule has 236 valence electrons. The summed E-state index contributed by atoms with van der Waals surface area (Å²) >= 11 is 6.06. The van der Waals surface area contributed by atoms with Crippen LogP contribution in [0.2, 0.25) is 5.02 Å². The average Bonchev–Trinajstić information content (AvgIpc) is 3.06. The van der Waals surface area contributed by atoms with Gasteiger partial charge in [0.1, 0.15) is 24.2 Å². The third-order valence-corrected chi connectivity index (χ3v) is 9.19. The van der Waals surface area contributed by atoms with Crippen molar-refractivity contribution in [2.75, 3.05) is 24.5 Å². The summed E-state index contributed by atoms with van der Waals surface area (Å²) in [5, 5.41) is 2.60. The van der Waals surface area contributed by atoms with Crippen molar-refractivity contribution in [2.45, 2.75) is 37.2 Å². The first-order chi connectivity index (χ1) is 21.6. The van der Waals surface area contributed by atoms with Crippen molar-refractivity contribution in [3.05, 3.63) is 125 Å². The molecule has 0 aromatic heterocycles. The van der Waals surface area contributed by atoms with Crippen molar-refractivity contribution in [3.63, 3.8) is 0 Å². The van der Waals surface area contributed by atoms with Crippen molar-refractivity contribution in [1.29, 1.82) is 0 Å². The van der Waals surface area contributed by atoms with Crippen LogP contribution >= 0.6 is 11.6 Å². The molecule has 4 aromatic rings. The van der Waals surface area contributed by atoms with Gasteiger partial charge in [-0.05, 0) is 60.0 Å². The number of sulfonamides is 1. The van der Waals surface area contributed by atoms with E-state index in [0.717, 1.165) is 22.0 Å². The molecular formula is C34H35ClFN3O5S.